The van der Waals surface area contributed by atoms with Gasteiger partial charge in [-0.15, -0.1) is 0 Å². The average molecular weight is 302 g/mol. The van der Waals surface area contributed by atoms with Gasteiger partial charge < -0.3 is 10.2 Å². The Kier molecular flexibility index (Phi) is 3.50. The first-order chi connectivity index (χ1) is 10.2. The fraction of sp³-hybridized carbons (Fsp3) is 0.632. The van der Waals surface area contributed by atoms with Gasteiger partial charge in [0.25, 0.3) is 0 Å². The topological polar surface area (TPSA) is 57.5 Å². The summed E-state index contributed by atoms with van der Waals surface area (Å²) >= 11 is 0. The Morgan fingerprint density at radius 3 is 2.41 bits per heavy atom. The minimum Gasteiger partial charge on any atom is -0.388 e. The second-order valence-corrected chi connectivity index (χ2v) is 7.91. The van der Waals surface area contributed by atoms with Crippen LogP contribution in [0.1, 0.15) is 58.1 Å². The van der Waals surface area contributed by atoms with Crippen LogP contribution in [-0.4, -0.2) is 21.6 Å². The molecule has 2 saturated carbocycles. The molecule has 0 spiro atoms. The first-order valence-corrected chi connectivity index (χ1v) is 8.21. The Balaban J connectivity index is 1.81. The number of aliphatic hydroxyl groups is 2. The van der Waals surface area contributed by atoms with Crippen molar-refractivity contribution in [3.05, 3.63) is 35.9 Å². The van der Waals surface area contributed by atoms with Crippen LogP contribution in [-0.2, 0) is 4.79 Å². The molecule has 0 heterocycles. The maximum atomic E-state index is 12.8. The lowest BCUT2D eigenvalue weighted by Crippen LogP contribution is -2.53. The number of Topliss-reactive ketones (excluding diaryl/α,β-unsaturated/α-hetero) is 1. The van der Waals surface area contributed by atoms with Crippen LogP contribution in [0.25, 0.3) is 0 Å². The summed E-state index contributed by atoms with van der Waals surface area (Å²) in [6, 6.07) is 9.20. The number of hydrogen-bond acceptors (Lipinski definition) is 3. The van der Waals surface area contributed by atoms with Gasteiger partial charge in [-0.05, 0) is 36.2 Å². The number of hydrogen-bond donors (Lipinski definition) is 2. The SMILES string of the molecule is CC1(C)[C@@H]2CC[C@@]1(C)[C@@](O)(C(=O)C[C@H](O)c1ccccc1)C2. The van der Waals surface area contributed by atoms with E-state index in [1.54, 1.807) is 0 Å². The molecule has 2 N–H and O–H groups in total. The van der Waals surface area contributed by atoms with E-state index in [1.807, 2.05) is 37.3 Å². The monoisotopic (exact) mass is 302 g/mol. The number of carbonyl (C=O) groups excluding carboxylic acids is 1. The van der Waals surface area contributed by atoms with Crippen molar-refractivity contribution in [1.29, 1.82) is 0 Å². The minimum absolute atomic E-state index is 0.0150. The van der Waals surface area contributed by atoms with Gasteiger partial charge in [0.05, 0.1) is 6.10 Å². The lowest BCUT2D eigenvalue weighted by molar-refractivity contribution is -0.157. The van der Waals surface area contributed by atoms with Gasteiger partial charge in [-0.25, -0.2) is 0 Å². The molecule has 1 aromatic rings. The molecule has 4 atom stereocenters. The Labute approximate surface area is 132 Å². The van der Waals surface area contributed by atoms with Crippen LogP contribution in [0, 0.1) is 16.7 Å². The number of aliphatic hydroxyl groups excluding tert-OH is 1. The highest BCUT2D eigenvalue weighted by Crippen LogP contribution is 2.70. The van der Waals surface area contributed by atoms with Gasteiger partial charge in [0, 0.05) is 11.8 Å². The predicted molar refractivity (Wildman–Crippen MR) is 85.2 cm³/mol. The largest absolute Gasteiger partial charge is 0.388 e. The van der Waals surface area contributed by atoms with Gasteiger partial charge in [0.15, 0.2) is 5.78 Å². The van der Waals surface area contributed by atoms with E-state index in [0.717, 1.165) is 18.4 Å². The minimum atomic E-state index is -1.30. The highest BCUT2D eigenvalue weighted by Gasteiger charge is 2.70. The summed E-state index contributed by atoms with van der Waals surface area (Å²) in [5.74, 6) is 0.182. The van der Waals surface area contributed by atoms with E-state index in [-0.39, 0.29) is 17.6 Å². The maximum Gasteiger partial charge on any atom is 0.167 e. The molecule has 120 valence electrons. The van der Waals surface area contributed by atoms with Crippen LogP contribution in [0.15, 0.2) is 30.3 Å². The Hall–Kier alpha value is -1.19. The van der Waals surface area contributed by atoms with E-state index in [2.05, 4.69) is 13.8 Å². The van der Waals surface area contributed by atoms with Crippen molar-refractivity contribution in [2.45, 2.75) is 58.2 Å². The molecule has 0 unspecified atom stereocenters. The van der Waals surface area contributed by atoms with Crippen molar-refractivity contribution in [2.24, 2.45) is 16.7 Å². The first kappa shape index (κ1) is 15.7. The molecule has 3 heteroatoms. The number of carbonyl (C=O) groups is 1. The van der Waals surface area contributed by atoms with Crippen LogP contribution < -0.4 is 0 Å². The highest BCUT2D eigenvalue weighted by molar-refractivity contribution is 5.89. The fourth-order valence-electron chi connectivity index (χ4n) is 4.83. The highest BCUT2D eigenvalue weighted by atomic mass is 16.3. The Bertz CT molecular complexity index is 580. The first-order valence-electron chi connectivity index (χ1n) is 8.21. The molecule has 2 fully saturated rings. The lowest BCUT2D eigenvalue weighted by atomic mass is 9.62. The van der Waals surface area contributed by atoms with Gasteiger partial charge in [0.1, 0.15) is 5.60 Å². The van der Waals surface area contributed by atoms with Crippen molar-refractivity contribution in [1.82, 2.24) is 0 Å². The normalized spacial score (nSPS) is 37.2. The van der Waals surface area contributed by atoms with Crippen molar-refractivity contribution >= 4 is 5.78 Å². The second kappa shape index (κ2) is 4.90. The fourth-order valence-corrected chi connectivity index (χ4v) is 4.83. The van der Waals surface area contributed by atoms with Crippen LogP contribution in [0.2, 0.25) is 0 Å². The molecule has 0 aromatic heterocycles. The van der Waals surface area contributed by atoms with E-state index >= 15 is 0 Å². The van der Waals surface area contributed by atoms with Gasteiger partial charge in [-0.2, -0.15) is 0 Å². The molecule has 1 aromatic carbocycles. The molecule has 22 heavy (non-hydrogen) atoms. The summed E-state index contributed by atoms with van der Waals surface area (Å²) in [6.45, 7) is 6.39. The van der Waals surface area contributed by atoms with Gasteiger partial charge in [-0.3, -0.25) is 4.79 Å². The third kappa shape index (κ3) is 1.92. The molecule has 0 aliphatic heterocycles. The van der Waals surface area contributed by atoms with Crippen molar-refractivity contribution in [3.8, 4) is 0 Å². The van der Waals surface area contributed by atoms with Gasteiger partial charge in [-0.1, -0.05) is 51.1 Å². The van der Waals surface area contributed by atoms with Crippen LogP contribution in [0.4, 0.5) is 0 Å². The zero-order valence-corrected chi connectivity index (χ0v) is 13.7. The zero-order chi connectivity index (χ0) is 16.2. The maximum absolute atomic E-state index is 12.8. The molecule has 2 aliphatic rings. The van der Waals surface area contributed by atoms with E-state index in [0.29, 0.717) is 12.3 Å². The molecule has 2 aliphatic carbocycles. The number of rotatable bonds is 4. The summed E-state index contributed by atoms with van der Waals surface area (Å²) in [5.41, 5.74) is -0.991. The number of ketones is 1. The summed E-state index contributed by atoms with van der Waals surface area (Å²) in [7, 11) is 0. The third-order valence-corrected chi connectivity index (χ3v) is 6.91. The number of benzene rings is 1. The smallest absolute Gasteiger partial charge is 0.167 e. The average Bonchev–Trinajstić information content (AvgIpc) is 2.80. The predicted octanol–water partition coefficient (Wildman–Crippen LogP) is 3.26. The van der Waals surface area contributed by atoms with E-state index < -0.39 is 17.1 Å². The van der Waals surface area contributed by atoms with Crippen LogP contribution >= 0.6 is 0 Å². The zero-order valence-electron chi connectivity index (χ0n) is 13.7. The molecular weight excluding hydrogens is 276 g/mol. The second-order valence-electron chi connectivity index (χ2n) is 7.91. The van der Waals surface area contributed by atoms with Crippen LogP contribution in [0.5, 0.6) is 0 Å². The van der Waals surface area contributed by atoms with Crippen molar-refractivity contribution in [2.75, 3.05) is 0 Å². The summed E-state index contributed by atoms with van der Waals surface area (Å²) < 4.78 is 0. The summed E-state index contributed by atoms with van der Waals surface area (Å²) in [5, 5.41) is 21.5. The quantitative estimate of drug-likeness (QED) is 0.897. The molecule has 0 amide bonds. The van der Waals surface area contributed by atoms with E-state index in [9.17, 15) is 15.0 Å². The third-order valence-electron chi connectivity index (χ3n) is 6.91. The Morgan fingerprint density at radius 1 is 1.27 bits per heavy atom. The summed E-state index contributed by atoms with van der Waals surface area (Å²) in [4.78, 5) is 12.8. The molecule has 2 bridgehead atoms. The number of fused-ring (bicyclic) bond motifs is 2. The lowest BCUT2D eigenvalue weighted by Gasteiger charge is -2.44. The van der Waals surface area contributed by atoms with Crippen molar-refractivity contribution < 1.29 is 15.0 Å². The molecule has 0 radical (unpaired) electrons. The molecule has 3 nitrogen and oxygen atoms in total. The standard InChI is InChI=1S/C19H26O3/c1-17(2)14-9-10-18(17,3)19(22,12-14)16(21)11-15(20)13-7-5-4-6-8-13/h4-8,14-15,20,22H,9-12H2,1-3H3/t14-,15+,18-,19+/m1/s1. The van der Waals surface area contributed by atoms with Crippen LogP contribution in [0.3, 0.4) is 0 Å². The van der Waals surface area contributed by atoms with Gasteiger partial charge >= 0.3 is 0 Å². The molecular formula is C19H26O3. The molecule has 0 saturated heterocycles. The summed E-state index contributed by atoms with van der Waals surface area (Å²) in [6.07, 6.45) is 1.65. The van der Waals surface area contributed by atoms with Crippen molar-refractivity contribution in [3.63, 3.8) is 0 Å². The van der Waals surface area contributed by atoms with Gasteiger partial charge in [0.2, 0.25) is 0 Å². The Morgan fingerprint density at radius 2 is 1.91 bits per heavy atom. The molecule has 3 rings (SSSR count). The van der Waals surface area contributed by atoms with E-state index in [4.69, 9.17) is 0 Å². The van der Waals surface area contributed by atoms with E-state index in [1.165, 1.54) is 0 Å².